The van der Waals surface area contributed by atoms with Crippen LogP contribution in [0.5, 0.6) is 0 Å². The van der Waals surface area contributed by atoms with E-state index in [0.29, 0.717) is 17.0 Å². The van der Waals surface area contributed by atoms with E-state index in [1.165, 1.54) is 18.5 Å². The van der Waals surface area contributed by atoms with Crippen LogP contribution >= 0.6 is 0 Å². The Kier molecular flexibility index (Phi) is 4.67. The fourth-order valence-electron chi connectivity index (χ4n) is 2.04. The second-order valence-corrected chi connectivity index (χ2v) is 4.90. The predicted molar refractivity (Wildman–Crippen MR) is 72.5 cm³/mol. The van der Waals surface area contributed by atoms with Crippen molar-refractivity contribution in [1.82, 2.24) is 10.3 Å². The number of benzene rings is 1. The maximum absolute atomic E-state index is 13.6. The summed E-state index contributed by atoms with van der Waals surface area (Å²) in [6.45, 7) is 3.74. The van der Waals surface area contributed by atoms with Gasteiger partial charge in [0.05, 0.1) is 6.54 Å². The van der Waals surface area contributed by atoms with Gasteiger partial charge in [-0.3, -0.25) is 4.79 Å². The number of oxazole rings is 1. The molecule has 0 aliphatic rings. The highest BCUT2D eigenvalue weighted by Gasteiger charge is 2.16. The van der Waals surface area contributed by atoms with Crippen LogP contribution < -0.4 is 5.32 Å². The zero-order valence-corrected chi connectivity index (χ0v) is 11.8. The number of nitrogens with one attached hydrogen (secondary N) is 1. The number of amides is 1. The Morgan fingerprint density at radius 2 is 2.19 bits per heavy atom. The maximum atomic E-state index is 13.6. The third kappa shape index (κ3) is 3.87. The van der Waals surface area contributed by atoms with E-state index in [2.05, 4.69) is 10.3 Å². The van der Waals surface area contributed by atoms with E-state index in [9.17, 15) is 13.6 Å². The molecule has 0 unspecified atom stereocenters. The molecule has 1 N–H and O–H groups in total. The van der Waals surface area contributed by atoms with E-state index in [0.717, 1.165) is 6.07 Å². The van der Waals surface area contributed by atoms with Crippen molar-refractivity contribution < 1.29 is 18.0 Å². The van der Waals surface area contributed by atoms with Crippen LogP contribution in [0.1, 0.15) is 36.3 Å². The van der Waals surface area contributed by atoms with Crippen LogP contribution in [-0.2, 0) is 11.3 Å². The van der Waals surface area contributed by atoms with Crippen LogP contribution in [0.15, 0.2) is 29.0 Å². The zero-order chi connectivity index (χ0) is 15.4. The van der Waals surface area contributed by atoms with Gasteiger partial charge in [-0.05, 0) is 24.5 Å². The first-order valence-corrected chi connectivity index (χ1v) is 6.58. The average molecular weight is 294 g/mol. The third-order valence-electron chi connectivity index (χ3n) is 3.28. The molecule has 21 heavy (non-hydrogen) atoms. The maximum Gasteiger partial charge on any atom is 0.220 e. The Morgan fingerprint density at radius 1 is 1.43 bits per heavy atom. The van der Waals surface area contributed by atoms with Crippen LogP contribution in [-0.4, -0.2) is 10.9 Å². The zero-order valence-electron chi connectivity index (χ0n) is 11.8. The minimum absolute atomic E-state index is 0.111. The highest BCUT2D eigenvalue weighted by molar-refractivity contribution is 5.76. The Labute approximate surface area is 121 Å². The molecule has 2 rings (SSSR count). The fraction of sp³-hybridized carbons (Fsp3) is 0.333. The first kappa shape index (κ1) is 15.2. The van der Waals surface area contributed by atoms with E-state index in [1.807, 2.05) is 0 Å². The van der Waals surface area contributed by atoms with Gasteiger partial charge in [0.25, 0.3) is 0 Å². The van der Waals surface area contributed by atoms with Crippen LogP contribution in [0, 0.1) is 18.6 Å². The van der Waals surface area contributed by atoms with Crippen molar-refractivity contribution in [2.75, 3.05) is 0 Å². The smallest absolute Gasteiger partial charge is 0.220 e. The molecule has 0 fully saturated rings. The molecule has 4 nitrogen and oxygen atoms in total. The molecule has 1 amide bonds. The Bertz CT molecular complexity index is 640. The Balaban J connectivity index is 1.91. The summed E-state index contributed by atoms with van der Waals surface area (Å²) < 4.78 is 31.5. The largest absolute Gasteiger partial charge is 0.448 e. The second-order valence-electron chi connectivity index (χ2n) is 4.90. The minimum Gasteiger partial charge on any atom is -0.448 e. The van der Waals surface area contributed by atoms with Crippen LogP contribution in [0.3, 0.4) is 0 Å². The summed E-state index contributed by atoms with van der Waals surface area (Å²) in [5, 5.41) is 2.70. The molecule has 0 aliphatic carbocycles. The van der Waals surface area contributed by atoms with Gasteiger partial charge in [-0.25, -0.2) is 13.8 Å². The van der Waals surface area contributed by atoms with Crippen molar-refractivity contribution in [3.63, 3.8) is 0 Å². The predicted octanol–water partition coefficient (Wildman–Crippen LogP) is 3.07. The molecule has 0 saturated heterocycles. The lowest BCUT2D eigenvalue weighted by atomic mass is 9.97. The van der Waals surface area contributed by atoms with Crippen molar-refractivity contribution in [3.05, 3.63) is 53.2 Å². The number of carbonyl (C=O) groups excluding carboxylic acids is 1. The van der Waals surface area contributed by atoms with E-state index in [4.69, 9.17) is 4.42 Å². The summed E-state index contributed by atoms with van der Waals surface area (Å²) >= 11 is 0. The van der Waals surface area contributed by atoms with Crippen LogP contribution in [0.25, 0.3) is 0 Å². The number of rotatable bonds is 5. The standard InChI is InChI=1S/C15H16F2N2O2/c1-9(12-4-3-11(16)6-13(12)17)5-15(20)18-7-14-10(2)21-8-19-14/h3-4,6,8-9H,5,7H2,1-2H3,(H,18,20)/t9-/m1/s1. The number of halogens is 2. The van der Waals surface area contributed by atoms with Gasteiger partial charge in [0, 0.05) is 12.5 Å². The third-order valence-corrected chi connectivity index (χ3v) is 3.28. The van der Waals surface area contributed by atoms with E-state index < -0.39 is 11.6 Å². The molecular weight excluding hydrogens is 278 g/mol. The number of aryl methyl sites for hydroxylation is 1. The molecule has 0 bridgehead atoms. The topological polar surface area (TPSA) is 55.1 Å². The SMILES string of the molecule is Cc1ocnc1CNC(=O)C[C@@H](C)c1ccc(F)cc1F. The van der Waals surface area contributed by atoms with Crippen molar-refractivity contribution in [1.29, 1.82) is 0 Å². The molecule has 6 heteroatoms. The number of hydrogen-bond acceptors (Lipinski definition) is 3. The lowest BCUT2D eigenvalue weighted by Gasteiger charge is -2.12. The molecule has 1 atom stereocenters. The number of nitrogens with zero attached hydrogens (tertiary/aromatic N) is 1. The van der Waals surface area contributed by atoms with Crippen LogP contribution in [0.2, 0.25) is 0 Å². The summed E-state index contributed by atoms with van der Waals surface area (Å²) in [6, 6.07) is 3.37. The van der Waals surface area contributed by atoms with Gasteiger partial charge >= 0.3 is 0 Å². The molecule has 1 aromatic carbocycles. The summed E-state index contributed by atoms with van der Waals surface area (Å²) in [5.74, 6) is -1.19. The van der Waals surface area contributed by atoms with Crippen molar-refractivity contribution in [3.8, 4) is 0 Å². The lowest BCUT2D eigenvalue weighted by Crippen LogP contribution is -2.24. The molecule has 0 aliphatic heterocycles. The molecule has 0 saturated carbocycles. The summed E-state index contributed by atoms with van der Waals surface area (Å²) in [7, 11) is 0. The molecule has 1 aromatic heterocycles. The first-order valence-electron chi connectivity index (χ1n) is 6.58. The van der Waals surface area contributed by atoms with Gasteiger partial charge in [0.2, 0.25) is 5.91 Å². The molecule has 0 radical (unpaired) electrons. The number of hydrogen-bond donors (Lipinski definition) is 1. The summed E-state index contributed by atoms with van der Waals surface area (Å²) in [4.78, 5) is 15.8. The lowest BCUT2D eigenvalue weighted by molar-refractivity contribution is -0.121. The van der Waals surface area contributed by atoms with Gasteiger partial charge in [0.1, 0.15) is 23.1 Å². The molecule has 1 heterocycles. The molecule has 0 spiro atoms. The normalized spacial score (nSPS) is 12.2. The highest BCUT2D eigenvalue weighted by Crippen LogP contribution is 2.22. The van der Waals surface area contributed by atoms with Gasteiger partial charge in [-0.2, -0.15) is 0 Å². The van der Waals surface area contributed by atoms with Gasteiger partial charge in [-0.1, -0.05) is 13.0 Å². The number of carbonyl (C=O) groups is 1. The first-order chi connectivity index (χ1) is 9.97. The fourth-order valence-corrected chi connectivity index (χ4v) is 2.04. The average Bonchev–Trinajstić information content (AvgIpc) is 2.81. The minimum atomic E-state index is -0.636. The van der Waals surface area contributed by atoms with Crippen LogP contribution in [0.4, 0.5) is 8.78 Å². The van der Waals surface area contributed by atoms with Gasteiger partial charge in [0.15, 0.2) is 6.39 Å². The van der Waals surface area contributed by atoms with Gasteiger partial charge in [-0.15, -0.1) is 0 Å². The van der Waals surface area contributed by atoms with Crippen molar-refractivity contribution in [2.45, 2.75) is 32.7 Å². The van der Waals surface area contributed by atoms with E-state index in [1.54, 1.807) is 13.8 Å². The quantitative estimate of drug-likeness (QED) is 0.922. The second kappa shape index (κ2) is 6.47. The van der Waals surface area contributed by atoms with Crippen molar-refractivity contribution >= 4 is 5.91 Å². The summed E-state index contributed by atoms with van der Waals surface area (Å²) in [5.41, 5.74) is 0.980. The Morgan fingerprint density at radius 3 is 2.81 bits per heavy atom. The van der Waals surface area contributed by atoms with Gasteiger partial charge < -0.3 is 9.73 Å². The van der Waals surface area contributed by atoms with E-state index in [-0.39, 0.29) is 24.8 Å². The summed E-state index contributed by atoms with van der Waals surface area (Å²) in [6.07, 6.45) is 1.42. The highest BCUT2D eigenvalue weighted by atomic mass is 19.1. The molecule has 112 valence electrons. The van der Waals surface area contributed by atoms with E-state index >= 15 is 0 Å². The number of aromatic nitrogens is 1. The Hall–Kier alpha value is -2.24. The molecular formula is C15H16F2N2O2. The van der Waals surface area contributed by atoms with Crippen molar-refractivity contribution in [2.24, 2.45) is 0 Å². The molecule has 2 aromatic rings. The monoisotopic (exact) mass is 294 g/mol.